The molecule has 1 aromatic heterocycles. The van der Waals surface area contributed by atoms with Gasteiger partial charge in [-0.25, -0.2) is 4.98 Å². The summed E-state index contributed by atoms with van der Waals surface area (Å²) in [7, 11) is -0.103. The number of likely N-dealkylation sites (tertiary alicyclic amines) is 1. The van der Waals surface area contributed by atoms with Crippen molar-refractivity contribution in [3.05, 3.63) is 64.1 Å². The summed E-state index contributed by atoms with van der Waals surface area (Å²) in [6.45, 7) is 14.1. The monoisotopic (exact) mass is 543 g/mol. The third-order valence-electron chi connectivity index (χ3n) is 7.31. The molecule has 0 unspecified atom stereocenters. The minimum absolute atomic E-state index is 0.216. The summed E-state index contributed by atoms with van der Waals surface area (Å²) in [6, 6.07) is 15.4. The number of halogens is 2. The van der Waals surface area contributed by atoms with Gasteiger partial charge in [-0.2, -0.15) is 0 Å². The number of hydrogen-bond acceptors (Lipinski definition) is 5. The van der Waals surface area contributed by atoms with Crippen LogP contribution in [0.3, 0.4) is 0 Å². The summed E-state index contributed by atoms with van der Waals surface area (Å²) in [5, 5.41) is 1.27. The molecule has 1 aliphatic rings. The molecule has 3 aromatic rings. The summed E-state index contributed by atoms with van der Waals surface area (Å²) >= 11 is 13.3. The van der Waals surface area contributed by atoms with E-state index in [1.165, 1.54) is 0 Å². The molecule has 0 bridgehead atoms. The van der Waals surface area contributed by atoms with Crippen molar-refractivity contribution in [1.29, 1.82) is 0 Å². The largest absolute Gasteiger partial charge is 0.481 e. The molecule has 8 heteroatoms. The number of pyridine rings is 1. The molecule has 0 radical (unpaired) electrons. The third kappa shape index (κ3) is 5.43. The summed E-state index contributed by atoms with van der Waals surface area (Å²) < 4.78 is 12.2. The fourth-order valence-corrected chi connectivity index (χ4v) is 6.06. The zero-order valence-corrected chi connectivity index (χ0v) is 24.4. The van der Waals surface area contributed by atoms with E-state index in [2.05, 4.69) is 44.8 Å². The molecule has 1 saturated heterocycles. The van der Waals surface area contributed by atoms with E-state index in [9.17, 15) is 0 Å². The van der Waals surface area contributed by atoms with Gasteiger partial charge in [0.05, 0.1) is 34.6 Å². The minimum atomic E-state index is -1.75. The molecule has 0 atom stereocenters. The maximum absolute atomic E-state index is 6.86. The number of benzene rings is 2. The lowest BCUT2D eigenvalue weighted by molar-refractivity contribution is 0.00516. The first kappa shape index (κ1) is 27.0. The maximum Gasteiger partial charge on any atom is 0.218 e. The second-order valence-electron chi connectivity index (χ2n) is 10.9. The van der Waals surface area contributed by atoms with Gasteiger partial charge in [0.25, 0.3) is 0 Å². The lowest BCUT2D eigenvalue weighted by atomic mass is 10.00. The molecule has 0 amide bonds. The smallest absolute Gasteiger partial charge is 0.218 e. The first-order chi connectivity index (χ1) is 16.9. The first-order valence-electron chi connectivity index (χ1n) is 12.2. The van der Waals surface area contributed by atoms with Gasteiger partial charge in [-0.1, -0.05) is 80.4 Å². The second-order valence-corrected chi connectivity index (χ2v) is 16.4. The molecule has 0 aliphatic carbocycles. The number of nitrogens with zero attached hydrogens (tertiary/aromatic N) is 2. The number of aromatic nitrogens is 1. The molecular formula is C28H35Cl2N3O2Si. The average Bonchev–Trinajstić information content (AvgIpc) is 2.79. The lowest BCUT2D eigenvalue weighted by Gasteiger charge is -2.46. The van der Waals surface area contributed by atoms with Gasteiger partial charge in [0, 0.05) is 41.9 Å². The topological polar surface area (TPSA) is 60.6 Å². The normalized spacial score (nSPS) is 15.1. The Labute approximate surface area is 225 Å². The molecule has 5 nitrogen and oxygen atoms in total. The number of ether oxygens (including phenoxy) is 1. The van der Waals surface area contributed by atoms with Crippen molar-refractivity contribution in [3.8, 4) is 28.3 Å². The molecule has 2 heterocycles. The molecule has 0 saturated carbocycles. The van der Waals surface area contributed by atoms with E-state index >= 15 is 0 Å². The molecule has 0 spiro atoms. The summed E-state index contributed by atoms with van der Waals surface area (Å²) in [6.07, 6.45) is 0.296. The fourth-order valence-electron chi connectivity index (χ4n) is 4.17. The molecular weight excluding hydrogens is 509 g/mol. The van der Waals surface area contributed by atoms with Gasteiger partial charge in [-0.05, 0) is 30.3 Å². The quantitative estimate of drug-likeness (QED) is 0.246. The van der Waals surface area contributed by atoms with Gasteiger partial charge in [0.1, 0.15) is 0 Å². The Morgan fingerprint density at radius 3 is 2.22 bits per heavy atom. The second kappa shape index (κ2) is 10.3. The van der Waals surface area contributed by atoms with Crippen LogP contribution in [0.2, 0.25) is 28.2 Å². The molecule has 192 valence electrons. The van der Waals surface area contributed by atoms with Crippen molar-refractivity contribution in [3.63, 3.8) is 0 Å². The van der Waals surface area contributed by atoms with Crippen molar-refractivity contribution in [2.24, 2.45) is 0 Å². The van der Waals surface area contributed by atoms with Crippen LogP contribution >= 0.6 is 23.2 Å². The van der Waals surface area contributed by atoms with Crippen molar-refractivity contribution in [2.45, 2.75) is 51.6 Å². The predicted octanol–water partition coefficient (Wildman–Crippen LogP) is 7.52. The Balaban J connectivity index is 1.51. The Kier molecular flexibility index (Phi) is 7.75. The van der Waals surface area contributed by atoms with Crippen molar-refractivity contribution >= 4 is 37.2 Å². The Bertz CT molecular complexity index is 1250. The molecule has 4 rings (SSSR count). The van der Waals surface area contributed by atoms with Gasteiger partial charge in [-0.3, -0.25) is 4.90 Å². The first-order valence-corrected chi connectivity index (χ1v) is 15.8. The van der Waals surface area contributed by atoms with E-state index in [0.29, 0.717) is 27.7 Å². The zero-order valence-electron chi connectivity index (χ0n) is 21.9. The van der Waals surface area contributed by atoms with Crippen LogP contribution in [0, 0.1) is 0 Å². The Hall–Kier alpha value is -2.09. The highest BCUT2D eigenvalue weighted by atomic mass is 35.5. The van der Waals surface area contributed by atoms with Crippen LogP contribution in [0.1, 0.15) is 26.3 Å². The standard InChI is InChI=1S/C28H35Cl2N3O2Si/c1-28(2,3)36(5,6)35-19-16-33(17-19)15-18-13-14-24(32-27(18)34-4)22-11-7-9-20(25(22)29)21-10-8-12-23(31)26(21)30/h7-14,19H,15-17,31H2,1-6H3. The fraction of sp³-hybridized carbons (Fsp3) is 0.393. The van der Waals surface area contributed by atoms with E-state index in [1.54, 1.807) is 13.2 Å². The van der Waals surface area contributed by atoms with E-state index in [1.807, 2.05) is 36.4 Å². The van der Waals surface area contributed by atoms with Crippen LogP contribution in [0.25, 0.3) is 22.4 Å². The van der Waals surface area contributed by atoms with Crippen LogP contribution in [0.5, 0.6) is 5.88 Å². The summed E-state index contributed by atoms with van der Waals surface area (Å²) in [5.74, 6) is 0.602. The van der Waals surface area contributed by atoms with E-state index in [-0.39, 0.29) is 5.04 Å². The lowest BCUT2D eigenvalue weighted by Crippen LogP contribution is -2.57. The van der Waals surface area contributed by atoms with Gasteiger partial charge in [0.2, 0.25) is 5.88 Å². The van der Waals surface area contributed by atoms with Gasteiger partial charge in [-0.15, -0.1) is 0 Å². The summed E-state index contributed by atoms with van der Waals surface area (Å²) in [4.78, 5) is 7.17. The predicted molar refractivity (Wildman–Crippen MR) is 153 cm³/mol. The Morgan fingerprint density at radius 1 is 0.972 bits per heavy atom. The molecule has 1 aliphatic heterocycles. The maximum atomic E-state index is 6.86. The summed E-state index contributed by atoms with van der Waals surface area (Å²) in [5.41, 5.74) is 10.7. The van der Waals surface area contributed by atoms with E-state index in [4.69, 9.17) is 43.1 Å². The number of anilines is 1. The SMILES string of the molecule is COc1nc(-c2cccc(-c3cccc(N)c3Cl)c2Cl)ccc1CN1CC(O[Si](C)(C)C(C)(C)C)C1. The Morgan fingerprint density at radius 2 is 1.58 bits per heavy atom. The average molecular weight is 545 g/mol. The highest BCUT2D eigenvalue weighted by molar-refractivity contribution is 6.74. The number of nitrogens with two attached hydrogens (primary N) is 1. The van der Waals surface area contributed by atoms with Crippen molar-refractivity contribution < 1.29 is 9.16 Å². The van der Waals surface area contributed by atoms with Gasteiger partial charge in [0.15, 0.2) is 8.32 Å². The molecule has 2 aromatic carbocycles. The number of rotatable bonds is 7. The van der Waals surface area contributed by atoms with Crippen LogP contribution in [0.15, 0.2) is 48.5 Å². The third-order valence-corrected chi connectivity index (χ3v) is 12.7. The number of methoxy groups -OCH3 is 1. The highest BCUT2D eigenvalue weighted by Gasteiger charge is 2.42. The highest BCUT2D eigenvalue weighted by Crippen LogP contribution is 2.41. The van der Waals surface area contributed by atoms with Crippen LogP contribution in [-0.2, 0) is 11.0 Å². The van der Waals surface area contributed by atoms with Gasteiger partial charge < -0.3 is 14.9 Å². The van der Waals surface area contributed by atoms with Crippen LogP contribution < -0.4 is 10.5 Å². The van der Waals surface area contributed by atoms with Crippen LogP contribution in [-0.4, -0.2) is 44.5 Å². The zero-order chi connectivity index (χ0) is 26.3. The number of hydrogen-bond donors (Lipinski definition) is 1. The minimum Gasteiger partial charge on any atom is -0.481 e. The molecule has 1 fully saturated rings. The number of nitrogen functional groups attached to an aromatic ring is 1. The van der Waals surface area contributed by atoms with Crippen molar-refractivity contribution in [1.82, 2.24) is 9.88 Å². The van der Waals surface area contributed by atoms with E-state index in [0.717, 1.165) is 47.6 Å². The molecule has 36 heavy (non-hydrogen) atoms. The van der Waals surface area contributed by atoms with Crippen molar-refractivity contribution in [2.75, 3.05) is 25.9 Å². The molecule has 2 N–H and O–H groups in total. The van der Waals surface area contributed by atoms with Crippen LogP contribution in [0.4, 0.5) is 5.69 Å². The van der Waals surface area contributed by atoms with E-state index < -0.39 is 8.32 Å². The van der Waals surface area contributed by atoms with Gasteiger partial charge >= 0.3 is 0 Å².